The maximum Gasteiger partial charge on any atom is 0.238 e. The van der Waals surface area contributed by atoms with Crippen LogP contribution in [0.4, 0.5) is 20.2 Å². The van der Waals surface area contributed by atoms with E-state index in [4.69, 9.17) is 0 Å². The van der Waals surface area contributed by atoms with Crippen LogP contribution in [0.3, 0.4) is 0 Å². The Bertz CT molecular complexity index is 1140. The van der Waals surface area contributed by atoms with Gasteiger partial charge in [-0.15, -0.1) is 11.8 Å². The van der Waals surface area contributed by atoms with Gasteiger partial charge in [0.2, 0.25) is 11.8 Å². The number of carbonyl (C=O) groups is 2. The fraction of sp³-hybridized carbons (Fsp3) is 0.200. The van der Waals surface area contributed by atoms with Crippen LogP contribution in [0.25, 0.3) is 0 Å². The normalized spacial score (nSPS) is 16.8. The summed E-state index contributed by atoms with van der Waals surface area (Å²) in [4.78, 5) is 26.8. The average Bonchev–Trinajstić information content (AvgIpc) is 3.16. The number of hydrogen-bond donors (Lipinski definition) is 1. The first-order chi connectivity index (χ1) is 15.5. The molecule has 1 fully saturated rings. The summed E-state index contributed by atoms with van der Waals surface area (Å²) in [6, 6.07) is 20.0. The van der Waals surface area contributed by atoms with Gasteiger partial charge >= 0.3 is 0 Å². The van der Waals surface area contributed by atoms with Gasteiger partial charge in [0.15, 0.2) is 0 Å². The number of thioether (sulfide) groups is 1. The summed E-state index contributed by atoms with van der Waals surface area (Å²) >= 11 is 1.36. The standard InChI is InChI=1S/C25H22F2N2O2S/c1-2-20(16-7-4-3-5-8-16)24(31)28-19-10-6-9-17(13-19)25-29(23(30)15-32-25)22-12-11-18(26)14-21(22)27/h3-14,20,25H,2,15H2,1H3,(H,28,31)/t20-,25+/m0/s1. The van der Waals surface area contributed by atoms with Crippen molar-refractivity contribution in [2.75, 3.05) is 16.0 Å². The van der Waals surface area contributed by atoms with Crippen LogP contribution in [0.1, 0.15) is 35.8 Å². The van der Waals surface area contributed by atoms with Crippen molar-refractivity contribution in [1.29, 1.82) is 0 Å². The zero-order valence-electron chi connectivity index (χ0n) is 17.4. The second kappa shape index (κ2) is 9.53. The number of nitrogens with zero attached hydrogens (tertiary/aromatic N) is 1. The zero-order valence-corrected chi connectivity index (χ0v) is 18.2. The summed E-state index contributed by atoms with van der Waals surface area (Å²) in [5.41, 5.74) is 2.33. The van der Waals surface area contributed by atoms with Crippen molar-refractivity contribution in [3.05, 3.63) is 95.6 Å². The van der Waals surface area contributed by atoms with Crippen molar-refractivity contribution in [1.82, 2.24) is 0 Å². The molecule has 0 radical (unpaired) electrons. The highest BCUT2D eigenvalue weighted by Crippen LogP contribution is 2.43. The largest absolute Gasteiger partial charge is 0.326 e. The van der Waals surface area contributed by atoms with E-state index in [0.29, 0.717) is 12.1 Å². The molecule has 0 bridgehead atoms. The van der Waals surface area contributed by atoms with Crippen LogP contribution in [0.5, 0.6) is 0 Å². The number of rotatable bonds is 6. The summed E-state index contributed by atoms with van der Waals surface area (Å²) in [5.74, 6) is -1.96. The Hall–Kier alpha value is -3.19. The van der Waals surface area contributed by atoms with Gasteiger partial charge in [-0.05, 0) is 41.8 Å². The first-order valence-corrected chi connectivity index (χ1v) is 11.4. The Morgan fingerprint density at radius 3 is 2.59 bits per heavy atom. The van der Waals surface area contributed by atoms with Crippen molar-refractivity contribution in [3.63, 3.8) is 0 Å². The number of halogens is 2. The lowest BCUT2D eigenvalue weighted by molar-refractivity contribution is -0.118. The molecule has 0 unspecified atom stereocenters. The van der Waals surface area contributed by atoms with Gasteiger partial charge < -0.3 is 5.32 Å². The van der Waals surface area contributed by atoms with E-state index in [-0.39, 0.29) is 29.2 Å². The van der Waals surface area contributed by atoms with E-state index >= 15 is 0 Å². The van der Waals surface area contributed by atoms with Crippen LogP contribution in [-0.4, -0.2) is 17.6 Å². The SMILES string of the molecule is CC[C@H](C(=O)Nc1cccc([C@H]2SCC(=O)N2c2ccc(F)cc2F)c1)c1ccccc1. The Labute approximate surface area is 189 Å². The summed E-state index contributed by atoms with van der Waals surface area (Å²) in [6.45, 7) is 1.96. The Kier molecular flexibility index (Phi) is 6.55. The molecule has 164 valence electrons. The van der Waals surface area contributed by atoms with Crippen LogP contribution >= 0.6 is 11.8 Å². The summed E-state index contributed by atoms with van der Waals surface area (Å²) < 4.78 is 27.8. The predicted octanol–water partition coefficient (Wildman–Crippen LogP) is 5.88. The predicted molar refractivity (Wildman–Crippen MR) is 124 cm³/mol. The van der Waals surface area contributed by atoms with E-state index in [9.17, 15) is 18.4 Å². The number of nitrogens with one attached hydrogen (secondary N) is 1. The molecule has 1 saturated heterocycles. The van der Waals surface area contributed by atoms with Gasteiger partial charge in [0, 0.05) is 11.8 Å². The lowest BCUT2D eigenvalue weighted by atomic mass is 9.95. The number of anilines is 2. The molecular formula is C25H22F2N2O2S. The van der Waals surface area contributed by atoms with Crippen LogP contribution in [0.15, 0.2) is 72.8 Å². The van der Waals surface area contributed by atoms with Gasteiger partial charge in [-0.25, -0.2) is 8.78 Å². The molecule has 3 aromatic carbocycles. The third kappa shape index (κ3) is 4.53. The van der Waals surface area contributed by atoms with E-state index in [2.05, 4.69) is 5.32 Å². The lowest BCUT2D eigenvalue weighted by Crippen LogP contribution is -2.28. The summed E-state index contributed by atoms with van der Waals surface area (Å²) in [5, 5.41) is 2.49. The zero-order chi connectivity index (χ0) is 22.7. The number of amides is 2. The molecule has 0 saturated carbocycles. The molecule has 7 heteroatoms. The van der Waals surface area contributed by atoms with Gasteiger partial charge in [0.25, 0.3) is 0 Å². The molecule has 0 spiro atoms. The molecular weight excluding hydrogens is 430 g/mol. The number of carbonyl (C=O) groups excluding carboxylic acids is 2. The van der Waals surface area contributed by atoms with Crippen LogP contribution in [0.2, 0.25) is 0 Å². The maximum atomic E-state index is 14.4. The van der Waals surface area contributed by atoms with E-state index in [1.54, 1.807) is 18.2 Å². The number of benzene rings is 3. The Morgan fingerprint density at radius 2 is 1.88 bits per heavy atom. The fourth-order valence-electron chi connectivity index (χ4n) is 3.86. The summed E-state index contributed by atoms with van der Waals surface area (Å²) in [7, 11) is 0. The average molecular weight is 453 g/mol. The first-order valence-electron chi connectivity index (χ1n) is 10.3. The van der Waals surface area contributed by atoms with Crippen molar-refractivity contribution in [3.8, 4) is 0 Å². The van der Waals surface area contributed by atoms with Gasteiger partial charge in [-0.2, -0.15) is 0 Å². The highest BCUT2D eigenvalue weighted by atomic mass is 32.2. The Balaban J connectivity index is 1.58. The van der Waals surface area contributed by atoms with E-state index in [1.807, 2.05) is 43.3 Å². The molecule has 1 heterocycles. The van der Waals surface area contributed by atoms with Crippen LogP contribution < -0.4 is 10.2 Å². The van der Waals surface area contributed by atoms with E-state index < -0.39 is 17.0 Å². The molecule has 32 heavy (non-hydrogen) atoms. The second-order valence-corrected chi connectivity index (χ2v) is 8.58. The fourth-order valence-corrected chi connectivity index (χ4v) is 5.02. The van der Waals surface area contributed by atoms with Crippen LogP contribution in [0, 0.1) is 11.6 Å². The maximum absolute atomic E-state index is 14.4. The molecule has 4 rings (SSSR count). The monoisotopic (exact) mass is 452 g/mol. The van der Waals surface area contributed by atoms with Crippen molar-refractivity contribution in [2.45, 2.75) is 24.6 Å². The minimum Gasteiger partial charge on any atom is -0.326 e. The molecule has 4 nitrogen and oxygen atoms in total. The topological polar surface area (TPSA) is 49.4 Å². The van der Waals surface area contributed by atoms with Gasteiger partial charge in [0.05, 0.1) is 17.4 Å². The molecule has 1 N–H and O–H groups in total. The number of hydrogen-bond acceptors (Lipinski definition) is 3. The molecule has 0 aromatic heterocycles. The molecule has 3 aromatic rings. The summed E-state index contributed by atoms with van der Waals surface area (Å²) in [6.07, 6.45) is 0.653. The van der Waals surface area contributed by atoms with Gasteiger partial charge in [-0.1, -0.05) is 49.4 Å². The minimum atomic E-state index is -0.788. The third-order valence-electron chi connectivity index (χ3n) is 5.40. The molecule has 0 aliphatic carbocycles. The van der Waals surface area contributed by atoms with E-state index in [0.717, 1.165) is 23.3 Å². The van der Waals surface area contributed by atoms with Crippen molar-refractivity contribution < 1.29 is 18.4 Å². The first kappa shape index (κ1) is 22.0. The Morgan fingerprint density at radius 1 is 1.09 bits per heavy atom. The smallest absolute Gasteiger partial charge is 0.238 e. The lowest BCUT2D eigenvalue weighted by Gasteiger charge is -2.25. The van der Waals surface area contributed by atoms with E-state index in [1.165, 1.54) is 22.7 Å². The molecule has 1 aliphatic rings. The minimum absolute atomic E-state index is 0.0379. The highest BCUT2D eigenvalue weighted by molar-refractivity contribution is 8.00. The van der Waals surface area contributed by atoms with Crippen molar-refractivity contribution >= 4 is 35.0 Å². The third-order valence-corrected chi connectivity index (χ3v) is 6.62. The molecule has 1 aliphatic heterocycles. The van der Waals surface area contributed by atoms with Crippen molar-refractivity contribution in [2.24, 2.45) is 0 Å². The second-order valence-electron chi connectivity index (χ2n) is 7.51. The molecule has 2 amide bonds. The quantitative estimate of drug-likeness (QED) is 0.508. The van der Waals surface area contributed by atoms with Crippen LogP contribution in [-0.2, 0) is 9.59 Å². The van der Waals surface area contributed by atoms with Gasteiger partial charge in [-0.3, -0.25) is 14.5 Å². The van der Waals surface area contributed by atoms with Gasteiger partial charge in [0.1, 0.15) is 17.0 Å². The highest BCUT2D eigenvalue weighted by Gasteiger charge is 2.35. The molecule has 2 atom stereocenters.